The molecule has 4 nitrogen and oxygen atoms in total. The van der Waals surface area contributed by atoms with Crippen LogP contribution in [0.25, 0.3) is 0 Å². The molecule has 22 heavy (non-hydrogen) atoms. The van der Waals surface area contributed by atoms with Crippen LogP contribution >= 0.6 is 0 Å². The third-order valence-corrected chi connectivity index (χ3v) is 3.46. The highest BCUT2D eigenvalue weighted by Gasteiger charge is 2.15. The summed E-state index contributed by atoms with van der Waals surface area (Å²) in [6, 6.07) is 17.2. The summed E-state index contributed by atoms with van der Waals surface area (Å²) in [4.78, 5) is 0. The Balaban J connectivity index is 2.29. The summed E-state index contributed by atoms with van der Waals surface area (Å²) in [5.74, 6) is 0.925. The minimum Gasteiger partial charge on any atom is -0.493 e. The standard InChI is InChI=1S/C18H16N2O2/c1-21-17-7-6-15(10-18(17)22-2)16(12-20)9-13-4-3-5-14(8-13)11-19/h3-8,10,16H,9H2,1-2H3. The molecule has 0 heterocycles. The fraction of sp³-hybridized carbons (Fsp3) is 0.222. The zero-order valence-corrected chi connectivity index (χ0v) is 12.5. The van der Waals surface area contributed by atoms with Crippen molar-refractivity contribution in [1.82, 2.24) is 0 Å². The summed E-state index contributed by atoms with van der Waals surface area (Å²) in [7, 11) is 3.14. The minimum absolute atomic E-state index is 0.311. The number of benzene rings is 2. The van der Waals surface area contributed by atoms with E-state index >= 15 is 0 Å². The van der Waals surface area contributed by atoms with Gasteiger partial charge >= 0.3 is 0 Å². The summed E-state index contributed by atoms with van der Waals surface area (Å²) in [5, 5.41) is 18.4. The highest BCUT2D eigenvalue weighted by atomic mass is 16.5. The number of nitriles is 2. The van der Waals surface area contributed by atoms with Crippen molar-refractivity contribution in [1.29, 1.82) is 10.5 Å². The zero-order valence-electron chi connectivity index (χ0n) is 12.5. The average molecular weight is 292 g/mol. The molecule has 1 atom stereocenters. The van der Waals surface area contributed by atoms with Crippen LogP contribution in [0.4, 0.5) is 0 Å². The SMILES string of the molecule is COc1ccc(C(C#N)Cc2cccc(C#N)c2)cc1OC. The molecule has 0 aliphatic carbocycles. The molecule has 0 aliphatic heterocycles. The van der Waals surface area contributed by atoms with Gasteiger partial charge in [0.15, 0.2) is 11.5 Å². The number of ether oxygens (including phenoxy) is 2. The Hall–Kier alpha value is -2.98. The monoisotopic (exact) mass is 292 g/mol. The van der Waals surface area contributed by atoms with Gasteiger partial charge < -0.3 is 9.47 Å². The van der Waals surface area contributed by atoms with Crippen LogP contribution in [0.1, 0.15) is 22.6 Å². The van der Waals surface area contributed by atoms with Crippen LogP contribution in [-0.4, -0.2) is 14.2 Å². The summed E-state index contributed by atoms with van der Waals surface area (Å²) in [5.41, 5.74) is 2.42. The van der Waals surface area contributed by atoms with Gasteiger partial charge in [0.2, 0.25) is 0 Å². The van der Waals surface area contributed by atoms with Gasteiger partial charge in [0.05, 0.1) is 37.8 Å². The first-order valence-electron chi connectivity index (χ1n) is 6.82. The van der Waals surface area contributed by atoms with Crippen molar-refractivity contribution in [2.45, 2.75) is 12.3 Å². The number of hydrogen-bond donors (Lipinski definition) is 0. The third-order valence-electron chi connectivity index (χ3n) is 3.46. The largest absolute Gasteiger partial charge is 0.493 e. The Kier molecular flexibility index (Phi) is 5.01. The molecule has 0 bridgehead atoms. The smallest absolute Gasteiger partial charge is 0.161 e. The maximum absolute atomic E-state index is 9.47. The molecule has 0 saturated heterocycles. The lowest BCUT2D eigenvalue weighted by atomic mass is 9.92. The summed E-state index contributed by atoms with van der Waals surface area (Å²) in [6.45, 7) is 0. The molecule has 2 aromatic carbocycles. The minimum atomic E-state index is -0.311. The van der Waals surface area contributed by atoms with E-state index in [1.807, 2.05) is 30.3 Å². The summed E-state index contributed by atoms with van der Waals surface area (Å²) < 4.78 is 10.5. The van der Waals surface area contributed by atoms with Crippen molar-refractivity contribution in [3.05, 3.63) is 59.2 Å². The Morgan fingerprint density at radius 3 is 2.41 bits per heavy atom. The first-order chi connectivity index (χ1) is 10.7. The molecular formula is C18H16N2O2. The van der Waals surface area contributed by atoms with Crippen LogP contribution in [-0.2, 0) is 6.42 Å². The van der Waals surface area contributed by atoms with E-state index in [0.29, 0.717) is 23.5 Å². The van der Waals surface area contributed by atoms with E-state index in [-0.39, 0.29) is 5.92 Å². The number of rotatable bonds is 5. The predicted octanol–water partition coefficient (Wildman–Crippen LogP) is 3.43. The van der Waals surface area contributed by atoms with E-state index in [1.165, 1.54) is 0 Å². The summed E-state index contributed by atoms with van der Waals surface area (Å²) in [6.07, 6.45) is 0.543. The lowest BCUT2D eigenvalue weighted by Gasteiger charge is -2.13. The zero-order chi connectivity index (χ0) is 15.9. The van der Waals surface area contributed by atoms with Gasteiger partial charge in [-0.1, -0.05) is 18.2 Å². The fourth-order valence-electron chi connectivity index (χ4n) is 2.31. The van der Waals surface area contributed by atoms with Gasteiger partial charge in [-0.3, -0.25) is 0 Å². The van der Waals surface area contributed by atoms with Crippen molar-refractivity contribution >= 4 is 0 Å². The number of methoxy groups -OCH3 is 2. The van der Waals surface area contributed by atoms with Crippen LogP contribution in [0, 0.1) is 22.7 Å². The van der Waals surface area contributed by atoms with E-state index in [4.69, 9.17) is 14.7 Å². The van der Waals surface area contributed by atoms with Gasteiger partial charge in [-0.25, -0.2) is 0 Å². The van der Waals surface area contributed by atoms with E-state index in [9.17, 15) is 5.26 Å². The second-order valence-corrected chi connectivity index (χ2v) is 4.81. The van der Waals surface area contributed by atoms with Gasteiger partial charge in [-0.2, -0.15) is 10.5 Å². The first kappa shape index (κ1) is 15.4. The molecule has 0 spiro atoms. The molecule has 0 saturated carbocycles. The highest BCUT2D eigenvalue weighted by Crippen LogP contribution is 2.31. The topological polar surface area (TPSA) is 66.0 Å². The molecular weight excluding hydrogens is 276 g/mol. The van der Waals surface area contributed by atoms with Crippen LogP contribution in [0.3, 0.4) is 0 Å². The lowest BCUT2D eigenvalue weighted by Crippen LogP contribution is -2.02. The van der Waals surface area contributed by atoms with Gasteiger partial charge in [0, 0.05) is 0 Å². The molecule has 0 amide bonds. The molecule has 2 aromatic rings. The van der Waals surface area contributed by atoms with Gasteiger partial charge in [0.1, 0.15) is 0 Å². The predicted molar refractivity (Wildman–Crippen MR) is 82.8 cm³/mol. The van der Waals surface area contributed by atoms with E-state index < -0.39 is 0 Å². The van der Waals surface area contributed by atoms with Crippen molar-refractivity contribution in [3.8, 4) is 23.6 Å². The van der Waals surface area contributed by atoms with Crippen molar-refractivity contribution in [2.24, 2.45) is 0 Å². The van der Waals surface area contributed by atoms with Gasteiger partial charge in [-0.15, -0.1) is 0 Å². The average Bonchev–Trinajstić information content (AvgIpc) is 2.59. The van der Waals surface area contributed by atoms with Crippen molar-refractivity contribution in [2.75, 3.05) is 14.2 Å². The maximum Gasteiger partial charge on any atom is 0.161 e. The molecule has 110 valence electrons. The third kappa shape index (κ3) is 3.37. The maximum atomic E-state index is 9.47. The van der Waals surface area contributed by atoms with Crippen LogP contribution < -0.4 is 9.47 Å². The molecule has 0 radical (unpaired) electrons. The quantitative estimate of drug-likeness (QED) is 0.846. The van der Waals surface area contributed by atoms with Gasteiger partial charge in [0.25, 0.3) is 0 Å². The Labute approximate surface area is 130 Å². The van der Waals surface area contributed by atoms with Gasteiger partial charge in [-0.05, 0) is 41.8 Å². The van der Waals surface area contributed by atoms with Crippen LogP contribution in [0.5, 0.6) is 11.5 Å². The van der Waals surface area contributed by atoms with E-state index in [2.05, 4.69) is 12.1 Å². The van der Waals surface area contributed by atoms with Crippen LogP contribution in [0.2, 0.25) is 0 Å². The fourth-order valence-corrected chi connectivity index (χ4v) is 2.31. The Bertz CT molecular complexity index is 741. The molecule has 0 fully saturated rings. The molecule has 2 rings (SSSR count). The lowest BCUT2D eigenvalue weighted by molar-refractivity contribution is 0.354. The molecule has 0 aliphatic rings. The molecule has 4 heteroatoms. The molecule has 1 unspecified atom stereocenters. The molecule has 0 N–H and O–H groups in total. The van der Waals surface area contributed by atoms with Crippen molar-refractivity contribution in [3.63, 3.8) is 0 Å². The second kappa shape index (κ2) is 7.15. The Morgan fingerprint density at radius 2 is 1.77 bits per heavy atom. The normalized spacial score (nSPS) is 11.1. The van der Waals surface area contributed by atoms with E-state index in [1.54, 1.807) is 26.4 Å². The van der Waals surface area contributed by atoms with E-state index in [0.717, 1.165) is 11.1 Å². The summed E-state index contributed by atoms with van der Waals surface area (Å²) >= 11 is 0. The van der Waals surface area contributed by atoms with Crippen LogP contribution in [0.15, 0.2) is 42.5 Å². The highest BCUT2D eigenvalue weighted by molar-refractivity contribution is 5.45. The second-order valence-electron chi connectivity index (χ2n) is 4.81. The first-order valence-corrected chi connectivity index (χ1v) is 6.82. The molecule has 0 aromatic heterocycles. The van der Waals surface area contributed by atoms with Crippen molar-refractivity contribution < 1.29 is 9.47 Å². The number of nitrogens with zero attached hydrogens (tertiary/aromatic N) is 2. The number of hydrogen-bond acceptors (Lipinski definition) is 4. The Morgan fingerprint density at radius 1 is 1.00 bits per heavy atom.